The molecule has 0 spiro atoms. The number of rotatable bonds is 7. The van der Waals surface area contributed by atoms with Crippen molar-refractivity contribution in [2.75, 3.05) is 65.5 Å². The van der Waals surface area contributed by atoms with E-state index in [1.165, 1.54) is 0 Å². The van der Waals surface area contributed by atoms with Crippen LogP contribution in [0.4, 0.5) is 0 Å². The van der Waals surface area contributed by atoms with E-state index in [-0.39, 0.29) is 23.6 Å². The Kier molecular flexibility index (Phi) is 8.20. The van der Waals surface area contributed by atoms with Gasteiger partial charge in [0.15, 0.2) is 0 Å². The van der Waals surface area contributed by atoms with E-state index in [0.29, 0.717) is 45.8 Å². The molecule has 0 aromatic heterocycles. The lowest BCUT2D eigenvalue weighted by molar-refractivity contribution is -0.142. The van der Waals surface area contributed by atoms with Crippen LogP contribution in [0.3, 0.4) is 0 Å². The third-order valence-corrected chi connectivity index (χ3v) is 7.03. The van der Waals surface area contributed by atoms with Crippen LogP contribution in [0.5, 0.6) is 5.75 Å². The van der Waals surface area contributed by atoms with Crippen molar-refractivity contribution in [3.63, 3.8) is 0 Å². The van der Waals surface area contributed by atoms with Crippen molar-refractivity contribution < 1.29 is 19.1 Å². The molecule has 3 fully saturated rings. The number of hydrogen-bond donors (Lipinski definition) is 0. The first-order valence-corrected chi connectivity index (χ1v) is 12.3. The molecule has 0 saturated carbocycles. The zero-order valence-electron chi connectivity index (χ0n) is 19.5. The van der Waals surface area contributed by atoms with Crippen LogP contribution in [-0.4, -0.2) is 103 Å². The summed E-state index contributed by atoms with van der Waals surface area (Å²) >= 11 is 0. The van der Waals surface area contributed by atoms with Crippen molar-refractivity contribution in [1.82, 2.24) is 19.6 Å². The summed E-state index contributed by atoms with van der Waals surface area (Å²) < 4.78 is 5.63. The maximum Gasteiger partial charge on any atom is 0.236 e. The van der Waals surface area contributed by atoms with Crippen molar-refractivity contribution in [2.24, 2.45) is 5.92 Å². The molecule has 0 aliphatic carbocycles. The van der Waals surface area contributed by atoms with Gasteiger partial charge >= 0.3 is 0 Å². The summed E-state index contributed by atoms with van der Waals surface area (Å²) in [4.78, 5) is 45.8. The van der Waals surface area contributed by atoms with E-state index in [2.05, 4.69) is 4.90 Å². The molecule has 0 unspecified atom stereocenters. The van der Waals surface area contributed by atoms with Crippen molar-refractivity contribution >= 4 is 17.7 Å². The van der Waals surface area contributed by atoms with Crippen LogP contribution in [0.15, 0.2) is 30.3 Å². The highest BCUT2D eigenvalue weighted by molar-refractivity contribution is 5.81. The van der Waals surface area contributed by atoms with E-state index >= 15 is 0 Å². The normalized spacial score (nSPS) is 20.2. The number of nitrogens with zero attached hydrogens (tertiary/aromatic N) is 4. The molecule has 8 nitrogen and oxygen atoms in total. The first-order chi connectivity index (χ1) is 16.1. The Labute approximate surface area is 196 Å². The molecule has 3 saturated heterocycles. The summed E-state index contributed by atoms with van der Waals surface area (Å²) in [5.41, 5.74) is 0. The van der Waals surface area contributed by atoms with Crippen LogP contribution >= 0.6 is 0 Å². The summed E-state index contributed by atoms with van der Waals surface area (Å²) in [5.74, 6) is 1.29. The third kappa shape index (κ3) is 6.47. The number of piperidine rings is 1. The number of likely N-dealkylation sites (tertiary alicyclic amines) is 2. The Balaban J connectivity index is 1.13. The van der Waals surface area contributed by atoms with Gasteiger partial charge in [-0.1, -0.05) is 18.2 Å². The van der Waals surface area contributed by atoms with E-state index in [9.17, 15) is 14.4 Å². The van der Waals surface area contributed by atoms with Crippen molar-refractivity contribution in [2.45, 2.75) is 32.1 Å². The molecule has 0 N–H and O–H groups in total. The van der Waals surface area contributed by atoms with E-state index in [1.54, 1.807) is 0 Å². The maximum atomic E-state index is 13.0. The number of carbonyl (C=O) groups excluding carboxylic acids is 3. The molecule has 4 rings (SSSR count). The number of para-hydroxylation sites is 1. The molecule has 33 heavy (non-hydrogen) atoms. The van der Waals surface area contributed by atoms with Crippen LogP contribution in [0.1, 0.15) is 32.1 Å². The van der Waals surface area contributed by atoms with Gasteiger partial charge in [0.1, 0.15) is 5.75 Å². The Morgan fingerprint density at radius 2 is 1.39 bits per heavy atom. The molecule has 180 valence electrons. The molecule has 1 aromatic rings. The fraction of sp³-hybridized carbons (Fsp3) is 0.640. The monoisotopic (exact) mass is 456 g/mol. The van der Waals surface area contributed by atoms with Gasteiger partial charge < -0.3 is 19.4 Å². The molecule has 0 atom stereocenters. The Bertz CT molecular complexity index is 796. The number of amides is 3. The number of piperazine rings is 1. The van der Waals surface area contributed by atoms with Gasteiger partial charge in [0.25, 0.3) is 0 Å². The van der Waals surface area contributed by atoms with E-state index in [4.69, 9.17) is 4.74 Å². The molecule has 0 radical (unpaired) electrons. The van der Waals surface area contributed by atoms with Crippen LogP contribution in [0, 0.1) is 5.92 Å². The number of carbonyl (C=O) groups is 3. The second-order valence-corrected chi connectivity index (χ2v) is 9.26. The van der Waals surface area contributed by atoms with Crippen molar-refractivity contribution in [3.05, 3.63) is 30.3 Å². The van der Waals surface area contributed by atoms with Crippen LogP contribution in [0.25, 0.3) is 0 Å². The van der Waals surface area contributed by atoms with Crippen LogP contribution in [0.2, 0.25) is 0 Å². The number of ether oxygens (including phenoxy) is 1. The minimum absolute atomic E-state index is 0.00704. The lowest BCUT2D eigenvalue weighted by Crippen LogP contribution is -2.53. The smallest absolute Gasteiger partial charge is 0.236 e. The summed E-state index contributed by atoms with van der Waals surface area (Å²) in [6.07, 6.45) is 4.01. The van der Waals surface area contributed by atoms with Gasteiger partial charge in [-0.25, -0.2) is 0 Å². The van der Waals surface area contributed by atoms with E-state index < -0.39 is 0 Å². The summed E-state index contributed by atoms with van der Waals surface area (Å²) in [6.45, 7) is 6.74. The molecule has 3 amide bonds. The van der Waals surface area contributed by atoms with Crippen LogP contribution < -0.4 is 4.74 Å². The highest BCUT2D eigenvalue weighted by Gasteiger charge is 2.32. The topological polar surface area (TPSA) is 73.4 Å². The summed E-state index contributed by atoms with van der Waals surface area (Å²) in [7, 11) is 0. The fourth-order valence-electron chi connectivity index (χ4n) is 4.95. The summed E-state index contributed by atoms with van der Waals surface area (Å²) in [5, 5.41) is 0. The lowest BCUT2D eigenvalue weighted by Gasteiger charge is -2.38. The van der Waals surface area contributed by atoms with Crippen molar-refractivity contribution in [1.29, 1.82) is 0 Å². The molecular formula is C25H36N4O4. The molecule has 0 bridgehead atoms. The fourth-order valence-corrected chi connectivity index (χ4v) is 4.95. The lowest BCUT2D eigenvalue weighted by atomic mass is 9.94. The molecule has 3 aliphatic rings. The average Bonchev–Trinajstić information content (AvgIpc) is 3.40. The Morgan fingerprint density at radius 3 is 2.06 bits per heavy atom. The minimum Gasteiger partial charge on any atom is -0.493 e. The highest BCUT2D eigenvalue weighted by atomic mass is 16.5. The zero-order valence-corrected chi connectivity index (χ0v) is 19.5. The molecule has 3 aliphatic heterocycles. The predicted molar refractivity (Wildman–Crippen MR) is 125 cm³/mol. The SMILES string of the molecule is O=C(CCOc1ccccc1)N1CCC(C(=O)N2CCN(CC(=O)N3CCCC3)CC2)CC1. The summed E-state index contributed by atoms with van der Waals surface area (Å²) in [6, 6.07) is 9.51. The van der Waals surface area contributed by atoms with Gasteiger partial charge in [0.2, 0.25) is 17.7 Å². The highest BCUT2D eigenvalue weighted by Crippen LogP contribution is 2.21. The molecule has 3 heterocycles. The minimum atomic E-state index is -0.00704. The number of benzene rings is 1. The van der Waals surface area contributed by atoms with Gasteiger partial charge in [-0.2, -0.15) is 0 Å². The van der Waals surface area contributed by atoms with Gasteiger partial charge in [0, 0.05) is 58.3 Å². The Hall–Kier alpha value is -2.61. The Morgan fingerprint density at radius 1 is 0.758 bits per heavy atom. The quantitative estimate of drug-likeness (QED) is 0.621. The van der Waals surface area contributed by atoms with Gasteiger partial charge in [-0.15, -0.1) is 0 Å². The first-order valence-electron chi connectivity index (χ1n) is 12.3. The first kappa shape index (κ1) is 23.5. The van der Waals surface area contributed by atoms with Crippen LogP contribution in [-0.2, 0) is 14.4 Å². The maximum absolute atomic E-state index is 13.0. The van der Waals surface area contributed by atoms with E-state index in [1.807, 2.05) is 45.0 Å². The van der Waals surface area contributed by atoms with Gasteiger partial charge in [-0.3, -0.25) is 19.3 Å². The predicted octanol–water partition coefficient (Wildman–Crippen LogP) is 1.46. The van der Waals surface area contributed by atoms with Gasteiger partial charge in [0.05, 0.1) is 19.6 Å². The standard InChI is InChI=1S/C25H36N4O4/c30-23(10-19-33-22-6-2-1-3-7-22)28-13-8-21(9-14-28)25(32)29-17-15-26(16-18-29)20-24(31)27-11-4-5-12-27/h1-3,6-7,21H,4-5,8-20H2. The second kappa shape index (κ2) is 11.5. The molecular weight excluding hydrogens is 420 g/mol. The molecule has 8 heteroatoms. The largest absolute Gasteiger partial charge is 0.493 e. The number of hydrogen-bond acceptors (Lipinski definition) is 5. The zero-order chi connectivity index (χ0) is 23.0. The van der Waals surface area contributed by atoms with E-state index in [0.717, 1.165) is 57.6 Å². The third-order valence-electron chi connectivity index (χ3n) is 7.03. The molecule has 1 aromatic carbocycles. The van der Waals surface area contributed by atoms with Gasteiger partial charge in [-0.05, 0) is 37.8 Å². The second-order valence-electron chi connectivity index (χ2n) is 9.26. The van der Waals surface area contributed by atoms with Crippen molar-refractivity contribution in [3.8, 4) is 5.75 Å². The average molecular weight is 457 g/mol.